The molecule has 1 saturated heterocycles. The lowest BCUT2D eigenvalue weighted by atomic mass is 10.0. The van der Waals surface area contributed by atoms with Crippen molar-refractivity contribution >= 4 is 28.9 Å². The van der Waals surface area contributed by atoms with Gasteiger partial charge >= 0.3 is 0 Å². The van der Waals surface area contributed by atoms with Crippen molar-refractivity contribution in [2.24, 2.45) is 0 Å². The number of rotatable bonds is 10. The quantitative estimate of drug-likeness (QED) is 0.346. The number of aromatic nitrogens is 5. The average Bonchev–Trinajstić information content (AvgIpc) is 3.56. The molecule has 3 N–H and O–H groups in total. The van der Waals surface area contributed by atoms with Crippen LogP contribution in [0.15, 0.2) is 30.7 Å². The van der Waals surface area contributed by atoms with Crippen molar-refractivity contribution in [3.05, 3.63) is 53.1 Å². The number of aryl methyl sites for hydroxylation is 1. The predicted octanol–water partition coefficient (Wildman–Crippen LogP) is 2.07. The Bertz CT molecular complexity index is 1400. The molecule has 1 atom stereocenters. The van der Waals surface area contributed by atoms with Gasteiger partial charge in [-0.1, -0.05) is 13.0 Å². The summed E-state index contributed by atoms with van der Waals surface area (Å²) < 4.78 is 6.97. The molecule has 5 rings (SSSR count). The maximum absolute atomic E-state index is 13.4. The van der Waals surface area contributed by atoms with Gasteiger partial charge in [-0.25, -0.2) is 15.0 Å². The molecule has 1 aliphatic heterocycles. The number of hydrogen-bond acceptors (Lipinski definition) is 10. The second-order valence-electron chi connectivity index (χ2n) is 10.1. The summed E-state index contributed by atoms with van der Waals surface area (Å²) in [5, 5.41) is 19.9. The first-order valence-corrected chi connectivity index (χ1v) is 13.7. The van der Waals surface area contributed by atoms with Crippen molar-refractivity contribution < 1.29 is 14.6 Å². The number of piperazine rings is 1. The second kappa shape index (κ2) is 12.1. The first-order valence-electron chi connectivity index (χ1n) is 13.7. The molecular weight excluding hydrogens is 510 g/mol. The summed E-state index contributed by atoms with van der Waals surface area (Å²) in [4.78, 5) is 31.7. The van der Waals surface area contributed by atoms with Crippen molar-refractivity contribution in [1.29, 1.82) is 0 Å². The van der Waals surface area contributed by atoms with Crippen molar-refractivity contribution in [2.45, 2.75) is 39.3 Å². The highest BCUT2D eigenvalue weighted by Gasteiger charge is 2.29. The van der Waals surface area contributed by atoms with Crippen molar-refractivity contribution in [3.8, 4) is 5.88 Å². The van der Waals surface area contributed by atoms with Gasteiger partial charge in [-0.15, -0.1) is 5.10 Å². The monoisotopic (exact) mass is 547 g/mol. The van der Waals surface area contributed by atoms with Gasteiger partial charge in [0.2, 0.25) is 11.9 Å². The molecule has 0 saturated carbocycles. The fourth-order valence-corrected chi connectivity index (χ4v) is 5.29. The third-order valence-electron chi connectivity index (χ3n) is 7.49. The van der Waals surface area contributed by atoms with E-state index in [9.17, 15) is 9.90 Å². The Kier molecular flexibility index (Phi) is 8.38. The first kappa shape index (κ1) is 27.7. The minimum atomic E-state index is -0.184. The summed E-state index contributed by atoms with van der Waals surface area (Å²) in [6.07, 6.45) is 8.77. The van der Waals surface area contributed by atoms with Crippen LogP contribution in [0.3, 0.4) is 0 Å². The fraction of sp³-hybridized carbons (Fsp3) is 0.464. The number of hydrogen-bond donors (Lipinski definition) is 3. The van der Waals surface area contributed by atoms with Crippen LogP contribution in [-0.4, -0.2) is 98.5 Å². The standard InChI is InChI=1S/C28H37N9O3/c1-5-23(36-12-10-35(3)11-13-36)26(39)33-25-21-7-6-20(19(21)8-9-29-25)24-18(2)16-30-28(32-24)31-22-17-37(14-15-38)34-27(22)40-4/h6,8-9,16-17,23,38H,5,7,10-15H2,1-4H3,(H,29,33,39)(H,30,31,32). The lowest BCUT2D eigenvalue weighted by molar-refractivity contribution is -0.122. The number of ether oxygens (including phenoxy) is 1. The van der Waals surface area contributed by atoms with Gasteiger partial charge in [-0.2, -0.15) is 0 Å². The third kappa shape index (κ3) is 5.69. The molecule has 1 unspecified atom stereocenters. The highest BCUT2D eigenvalue weighted by atomic mass is 16.5. The number of aliphatic hydroxyl groups is 1. The molecule has 3 aromatic heterocycles. The maximum atomic E-state index is 13.4. The number of amides is 1. The van der Waals surface area contributed by atoms with E-state index in [4.69, 9.17) is 9.72 Å². The van der Waals surface area contributed by atoms with Crippen molar-refractivity contribution in [2.75, 3.05) is 57.6 Å². The summed E-state index contributed by atoms with van der Waals surface area (Å²) >= 11 is 0. The summed E-state index contributed by atoms with van der Waals surface area (Å²) in [5.41, 5.74) is 5.29. The molecule has 0 bridgehead atoms. The summed E-state index contributed by atoms with van der Waals surface area (Å²) in [7, 11) is 3.65. The fourth-order valence-electron chi connectivity index (χ4n) is 5.29. The van der Waals surface area contributed by atoms with Gasteiger partial charge in [0, 0.05) is 49.7 Å². The Hall–Kier alpha value is -3.87. The number of anilines is 3. The SMILES string of the molecule is CCC(C(=O)Nc1nccc2c1CC=C2c1nc(Nc2cn(CCO)nc2OC)ncc1C)N1CCN(C)CC1. The number of carbonyl (C=O) groups excluding carboxylic acids is 1. The molecule has 1 aliphatic carbocycles. The molecule has 40 heavy (non-hydrogen) atoms. The largest absolute Gasteiger partial charge is 0.478 e. The van der Waals surface area contributed by atoms with E-state index in [0.717, 1.165) is 60.6 Å². The van der Waals surface area contributed by atoms with Crippen molar-refractivity contribution in [3.63, 3.8) is 0 Å². The maximum Gasteiger partial charge on any atom is 0.256 e. The number of carbonyl (C=O) groups is 1. The number of nitrogens with zero attached hydrogens (tertiary/aromatic N) is 7. The zero-order valence-electron chi connectivity index (χ0n) is 23.5. The second-order valence-corrected chi connectivity index (χ2v) is 10.1. The summed E-state index contributed by atoms with van der Waals surface area (Å²) in [6.45, 7) is 8.04. The van der Waals surface area contributed by atoms with Gasteiger partial charge in [0.25, 0.3) is 5.88 Å². The van der Waals surface area contributed by atoms with E-state index < -0.39 is 0 Å². The molecule has 12 nitrogen and oxygen atoms in total. The molecule has 12 heteroatoms. The number of likely N-dealkylation sites (N-methyl/N-ethyl adjacent to an activating group) is 1. The Morgan fingerprint density at radius 1 is 1.23 bits per heavy atom. The molecule has 4 heterocycles. The van der Waals surface area contributed by atoms with Crippen LogP contribution in [0.25, 0.3) is 5.57 Å². The molecule has 1 fully saturated rings. The van der Waals surface area contributed by atoms with Crippen LogP contribution in [0.1, 0.15) is 35.7 Å². The van der Waals surface area contributed by atoms with Gasteiger partial charge in [0.15, 0.2) is 0 Å². The van der Waals surface area contributed by atoms with Crippen LogP contribution in [0.2, 0.25) is 0 Å². The minimum Gasteiger partial charge on any atom is -0.478 e. The lowest BCUT2D eigenvalue weighted by Crippen LogP contribution is -2.52. The molecule has 0 radical (unpaired) electrons. The van der Waals surface area contributed by atoms with Gasteiger partial charge in [0.05, 0.1) is 38.2 Å². The van der Waals surface area contributed by atoms with E-state index in [1.54, 1.807) is 23.3 Å². The Balaban J connectivity index is 1.36. The number of nitrogens with one attached hydrogen (secondary N) is 2. The minimum absolute atomic E-state index is 0.0122. The van der Waals surface area contributed by atoms with Crippen LogP contribution < -0.4 is 15.4 Å². The van der Waals surface area contributed by atoms with Gasteiger partial charge < -0.3 is 25.4 Å². The third-order valence-corrected chi connectivity index (χ3v) is 7.49. The molecule has 0 aromatic carbocycles. The highest BCUT2D eigenvalue weighted by Crippen LogP contribution is 2.36. The zero-order valence-corrected chi connectivity index (χ0v) is 23.5. The summed E-state index contributed by atoms with van der Waals surface area (Å²) in [6, 6.07) is 1.79. The van der Waals surface area contributed by atoms with Crippen molar-refractivity contribution in [1.82, 2.24) is 34.5 Å². The molecule has 3 aromatic rings. The number of allylic oxidation sites excluding steroid dienone is 1. The smallest absolute Gasteiger partial charge is 0.256 e. The topological polar surface area (TPSA) is 134 Å². The lowest BCUT2D eigenvalue weighted by Gasteiger charge is -2.36. The van der Waals surface area contributed by atoms with Crippen LogP contribution in [-0.2, 0) is 17.8 Å². The number of fused-ring (bicyclic) bond motifs is 1. The first-order chi connectivity index (χ1) is 19.4. The van der Waals surface area contributed by atoms with E-state index in [1.807, 2.05) is 13.0 Å². The van der Waals surface area contributed by atoms with E-state index in [0.29, 0.717) is 36.3 Å². The van der Waals surface area contributed by atoms with E-state index >= 15 is 0 Å². The number of methoxy groups -OCH3 is 1. The average molecular weight is 548 g/mol. The highest BCUT2D eigenvalue weighted by molar-refractivity contribution is 5.96. The number of aliphatic hydroxyl groups excluding tert-OH is 1. The van der Waals surface area contributed by atoms with Crippen LogP contribution in [0.5, 0.6) is 5.88 Å². The molecule has 0 spiro atoms. The number of pyridine rings is 1. The Labute approximate surface area is 234 Å². The van der Waals surface area contributed by atoms with Crippen LogP contribution >= 0.6 is 0 Å². The molecular formula is C28H37N9O3. The zero-order chi connectivity index (χ0) is 28.2. The summed E-state index contributed by atoms with van der Waals surface area (Å²) in [5.74, 6) is 1.38. The normalized spacial score (nSPS) is 16.4. The Morgan fingerprint density at radius 2 is 2.02 bits per heavy atom. The van der Waals surface area contributed by atoms with Crippen LogP contribution in [0.4, 0.5) is 17.5 Å². The van der Waals surface area contributed by atoms with Gasteiger partial charge in [-0.05, 0) is 44.0 Å². The predicted molar refractivity (Wildman–Crippen MR) is 153 cm³/mol. The molecule has 1 amide bonds. The van der Waals surface area contributed by atoms with E-state index in [-0.39, 0.29) is 18.6 Å². The molecule has 2 aliphatic rings. The molecule has 212 valence electrons. The van der Waals surface area contributed by atoms with Crippen LogP contribution in [0, 0.1) is 6.92 Å². The van der Waals surface area contributed by atoms with Gasteiger partial charge in [0.1, 0.15) is 11.5 Å². The Morgan fingerprint density at radius 3 is 2.75 bits per heavy atom. The van der Waals surface area contributed by atoms with Gasteiger partial charge in [-0.3, -0.25) is 14.4 Å². The van der Waals surface area contributed by atoms with E-state index in [1.165, 1.54) is 7.11 Å². The van der Waals surface area contributed by atoms with E-state index in [2.05, 4.69) is 55.5 Å².